The second-order valence-corrected chi connectivity index (χ2v) is 4.25. The van der Waals surface area contributed by atoms with E-state index in [0.29, 0.717) is 6.54 Å². The van der Waals surface area contributed by atoms with E-state index in [4.69, 9.17) is 8.85 Å². The second-order valence-electron chi connectivity index (χ2n) is 2.45. The van der Waals surface area contributed by atoms with Crippen LogP contribution in [0.2, 0.25) is 6.55 Å². The molecule has 14 heavy (non-hydrogen) atoms. The molecule has 0 amide bonds. The van der Waals surface area contributed by atoms with Crippen molar-refractivity contribution in [3.8, 4) is 0 Å². The fraction of sp³-hybridized carbons (Fsp3) is 0.889. The molecule has 0 rings (SSSR count). The van der Waals surface area contributed by atoms with E-state index in [0.717, 1.165) is 19.6 Å². The van der Waals surface area contributed by atoms with Crippen molar-refractivity contribution < 1.29 is 13.6 Å². The zero-order valence-corrected chi connectivity index (χ0v) is 10.7. The van der Waals surface area contributed by atoms with Crippen molar-refractivity contribution in [1.29, 1.82) is 0 Å². The highest BCUT2D eigenvalue weighted by atomic mass is 28.3. The molecule has 0 aliphatic carbocycles. The molecule has 4 nitrogen and oxygen atoms in total. The van der Waals surface area contributed by atoms with Gasteiger partial charge in [0.25, 0.3) is 0 Å². The van der Waals surface area contributed by atoms with E-state index in [2.05, 4.69) is 4.99 Å². The summed E-state index contributed by atoms with van der Waals surface area (Å²) in [7, 11) is -1.20. The van der Waals surface area contributed by atoms with E-state index in [1.54, 1.807) is 0 Å². The summed E-state index contributed by atoms with van der Waals surface area (Å²) in [5.74, 6) is 0. The molecule has 0 aliphatic rings. The van der Waals surface area contributed by atoms with Gasteiger partial charge in [-0.3, -0.25) is 0 Å². The Morgan fingerprint density at radius 3 is 1.93 bits per heavy atom. The van der Waals surface area contributed by atoms with Crippen molar-refractivity contribution in [2.75, 3.05) is 19.8 Å². The Kier molecular flexibility index (Phi) is 17.1. The lowest BCUT2D eigenvalue weighted by molar-refractivity contribution is 0.219. The van der Waals surface area contributed by atoms with Gasteiger partial charge in [0.2, 0.25) is 6.08 Å². The summed E-state index contributed by atoms with van der Waals surface area (Å²) < 4.78 is 10.4. The van der Waals surface area contributed by atoms with E-state index >= 15 is 0 Å². The third kappa shape index (κ3) is 17.6. The maximum atomic E-state index is 9.27. The molecule has 0 aromatic carbocycles. The number of isocyanates is 1. The van der Waals surface area contributed by atoms with Gasteiger partial charge in [0.1, 0.15) is 0 Å². The number of nitrogens with zero attached hydrogens (tertiary/aromatic N) is 1. The van der Waals surface area contributed by atoms with Crippen LogP contribution in [0.5, 0.6) is 0 Å². The monoisotopic (exact) mass is 219 g/mol. The molecular formula is C9H21NO3Si. The molecule has 0 heterocycles. The van der Waals surface area contributed by atoms with Crippen molar-refractivity contribution in [2.45, 2.75) is 33.7 Å². The number of rotatable bonds is 6. The second kappa shape index (κ2) is 15.0. The highest BCUT2D eigenvalue weighted by Crippen LogP contribution is 1.85. The van der Waals surface area contributed by atoms with Crippen LogP contribution in [0.25, 0.3) is 0 Å². The molecule has 0 saturated heterocycles. The quantitative estimate of drug-likeness (QED) is 0.387. The highest BCUT2D eigenvalue weighted by molar-refractivity contribution is 6.42. The van der Waals surface area contributed by atoms with Gasteiger partial charge in [-0.25, -0.2) is 9.79 Å². The normalized spacial score (nSPS) is 8.93. The average Bonchev–Trinajstić information content (AvgIpc) is 2.16. The van der Waals surface area contributed by atoms with Gasteiger partial charge in [-0.2, -0.15) is 0 Å². The van der Waals surface area contributed by atoms with Crippen LogP contribution in [0.15, 0.2) is 4.99 Å². The summed E-state index contributed by atoms with van der Waals surface area (Å²) in [5, 5.41) is 0. The average molecular weight is 219 g/mol. The van der Waals surface area contributed by atoms with Crippen molar-refractivity contribution in [3.05, 3.63) is 0 Å². The van der Waals surface area contributed by atoms with Crippen LogP contribution in [-0.4, -0.2) is 35.1 Å². The molecule has 0 unspecified atom stereocenters. The van der Waals surface area contributed by atoms with Gasteiger partial charge in [-0.1, -0.05) is 6.92 Å². The molecule has 0 aromatic heterocycles. The zero-order valence-electron chi connectivity index (χ0n) is 9.58. The van der Waals surface area contributed by atoms with Gasteiger partial charge in [0.05, 0.1) is 6.54 Å². The van der Waals surface area contributed by atoms with E-state index in [1.165, 1.54) is 6.08 Å². The van der Waals surface area contributed by atoms with Gasteiger partial charge in [0.15, 0.2) is 0 Å². The van der Waals surface area contributed by atoms with E-state index < -0.39 is 9.28 Å². The Bertz CT molecular complexity index is 143. The summed E-state index contributed by atoms with van der Waals surface area (Å²) in [5.41, 5.74) is 0. The number of hydrogen-bond donors (Lipinski definition) is 0. The molecule has 0 aromatic rings. The standard InChI is InChI=1S/C5H14O2Si.C4H7NO/c1-4-6-8(3)7-5-2;1-2-3-5-4-6/h8H,4-5H2,1-3H3;2-3H2,1H3. The van der Waals surface area contributed by atoms with Crippen molar-refractivity contribution >= 4 is 15.4 Å². The van der Waals surface area contributed by atoms with Crippen molar-refractivity contribution in [2.24, 2.45) is 4.99 Å². The van der Waals surface area contributed by atoms with Crippen LogP contribution in [0.4, 0.5) is 0 Å². The third-order valence-corrected chi connectivity index (χ3v) is 2.81. The molecule has 0 spiro atoms. The van der Waals surface area contributed by atoms with Crippen molar-refractivity contribution in [1.82, 2.24) is 0 Å². The summed E-state index contributed by atoms with van der Waals surface area (Å²) >= 11 is 0. The first-order chi connectivity index (χ1) is 6.72. The van der Waals surface area contributed by atoms with Crippen LogP contribution in [0, 0.1) is 0 Å². The first kappa shape index (κ1) is 16.0. The predicted molar refractivity (Wildman–Crippen MR) is 59.5 cm³/mol. The number of carbonyl (C=O) groups excluding carboxylic acids is 1. The SMILES string of the molecule is CCCN=C=O.CCO[SiH](C)OCC. The topological polar surface area (TPSA) is 47.9 Å². The van der Waals surface area contributed by atoms with Gasteiger partial charge in [-0.05, 0) is 26.8 Å². The molecule has 0 saturated carbocycles. The molecule has 0 atom stereocenters. The molecule has 0 N–H and O–H groups in total. The molecule has 5 heteroatoms. The van der Waals surface area contributed by atoms with Crippen LogP contribution in [0.1, 0.15) is 27.2 Å². The van der Waals surface area contributed by atoms with Gasteiger partial charge in [0, 0.05) is 13.2 Å². The summed E-state index contributed by atoms with van der Waals surface area (Å²) in [4.78, 5) is 12.6. The molecule has 84 valence electrons. The predicted octanol–water partition coefficient (Wildman–Crippen LogP) is 1.64. The first-order valence-electron chi connectivity index (χ1n) is 4.99. The number of aliphatic imine (C=N–C) groups is 1. The van der Waals surface area contributed by atoms with E-state index in [1.807, 2.05) is 27.3 Å². The summed E-state index contributed by atoms with van der Waals surface area (Å²) in [6.07, 6.45) is 2.37. The molecule has 0 radical (unpaired) electrons. The van der Waals surface area contributed by atoms with Gasteiger partial charge >= 0.3 is 9.28 Å². The van der Waals surface area contributed by atoms with Crippen LogP contribution in [0.3, 0.4) is 0 Å². The Morgan fingerprint density at radius 2 is 1.71 bits per heavy atom. The maximum absolute atomic E-state index is 9.27. The smallest absolute Gasteiger partial charge is 0.318 e. The van der Waals surface area contributed by atoms with Crippen LogP contribution >= 0.6 is 0 Å². The van der Waals surface area contributed by atoms with E-state index in [9.17, 15) is 4.79 Å². The Morgan fingerprint density at radius 1 is 1.21 bits per heavy atom. The van der Waals surface area contributed by atoms with Crippen LogP contribution in [-0.2, 0) is 13.6 Å². The Labute approximate surface area is 88.2 Å². The van der Waals surface area contributed by atoms with Crippen LogP contribution < -0.4 is 0 Å². The fourth-order valence-corrected chi connectivity index (χ4v) is 1.71. The van der Waals surface area contributed by atoms with E-state index in [-0.39, 0.29) is 0 Å². The molecule has 0 aliphatic heterocycles. The van der Waals surface area contributed by atoms with Gasteiger partial charge < -0.3 is 8.85 Å². The lowest BCUT2D eigenvalue weighted by Gasteiger charge is -2.07. The van der Waals surface area contributed by atoms with Gasteiger partial charge in [-0.15, -0.1) is 0 Å². The lowest BCUT2D eigenvalue weighted by Crippen LogP contribution is -2.17. The minimum atomic E-state index is -1.20. The minimum absolute atomic E-state index is 0.615. The highest BCUT2D eigenvalue weighted by Gasteiger charge is 1.99. The molecular weight excluding hydrogens is 198 g/mol. The third-order valence-electron chi connectivity index (χ3n) is 1.20. The Hall–Kier alpha value is -0.483. The minimum Gasteiger partial charge on any atom is -0.397 e. The Balaban J connectivity index is 0. The maximum Gasteiger partial charge on any atom is 0.318 e. The summed E-state index contributed by atoms with van der Waals surface area (Å²) in [6, 6.07) is 0. The lowest BCUT2D eigenvalue weighted by atomic mass is 10.5. The first-order valence-corrected chi connectivity index (χ1v) is 7.09. The fourth-order valence-electron chi connectivity index (χ4n) is 0.675. The van der Waals surface area contributed by atoms with Crippen molar-refractivity contribution in [3.63, 3.8) is 0 Å². The molecule has 0 bridgehead atoms. The summed E-state index contributed by atoms with van der Waals surface area (Å²) in [6.45, 7) is 10.2. The number of hydrogen-bond acceptors (Lipinski definition) is 4. The molecule has 0 fully saturated rings. The zero-order chi connectivity index (χ0) is 11.2. The largest absolute Gasteiger partial charge is 0.397 e.